The summed E-state index contributed by atoms with van der Waals surface area (Å²) in [6, 6.07) is 10.1. The highest BCUT2D eigenvalue weighted by Gasteiger charge is 2.12. The molecule has 0 amide bonds. The first-order valence-electron chi connectivity index (χ1n) is 7.36. The molecule has 4 heteroatoms. The van der Waals surface area contributed by atoms with Crippen molar-refractivity contribution in [1.29, 1.82) is 0 Å². The maximum atomic E-state index is 10.2. The number of aromatic hydroxyl groups is 2. The van der Waals surface area contributed by atoms with Gasteiger partial charge in [-0.15, -0.1) is 0 Å². The fraction of sp³-hybridized carbons (Fsp3) is 0.333. The van der Waals surface area contributed by atoms with E-state index in [4.69, 9.17) is 9.47 Å². The lowest BCUT2D eigenvalue weighted by Crippen LogP contribution is -2.05. The Kier molecular flexibility index (Phi) is 4.81. The number of benzene rings is 2. The average molecular weight is 302 g/mol. The molecule has 118 valence electrons. The van der Waals surface area contributed by atoms with Gasteiger partial charge in [0.2, 0.25) is 0 Å². The Hall–Kier alpha value is -2.36. The molecule has 0 atom stereocenters. The molecule has 0 aromatic heterocycles. The maximum absolute atomic E-state index is 10.2. The number of phenolic OH excluding ortho intramolecular Hbond substituents is 2. The summed E-state index contributed by atoms with van der Waals surface area (Å²) in [6.07, 6.45) is 0.0669. The van der Waals surface area contributed by atoms with Crippen LogP contribution in [0.1, 0.15) is 27.7 Å². The second kappa shape index (κ2) is 6.60. The molecule has 2 N–H and O–H groups in total. The Morgan fingerprint density at radius 2 is 1.05 bits per heavy atom. The quantitative estimate of drug-likeness (QED) is 0.862. The number of rotatable bonds is 5. The smallest absolute Gasteiger partial charge is 0.127 e. The maximum Gasteiger partial charge on any atom is 0.127 e. The highest BCUT2D eigenvalue weighted by atomic mass is 16.5. The third kappa shape index (κ3) is 3.85. The van der Waals surface area contributed by atoms with Crippen LogP contribution < -0.4 is 9.47 Å². The zero-order chi connectivity index (χ0) is 16.3. The zero-order valence-corrected chi connectivity index (χ0v) is 13.3. The van der Waals surface area contributed by atoms with E-state index < -0.39 is 0 Å². The second-order valence-electron chi connectivity index (χ2n) is 5.69. The van der Waals surface area contributed by atoms with Crippen LogP contribution in [0.4, 0.5) is 0 Å². The first-order valence-corrected chi connectivity index (χ1v) is 7.36. The fourth-order valence-electron chi connectivity index (χ4n) is 2.17. The molecule has 2 aromatic rings. The molecule has 0 radical (unpaired) electrons. The Labute approximate surface area is 130 Å². The van der Waals surface area contributed by atoms with Gasteiger partial charge in [0.1, 0.15) is 23.0 Å². The highest BCUT2D eigenvalue weighted by molar-refractivity contribution is 5.76. The highest BCUT2D eigenvalue weighted by Crippen LogP contribution is 2.39. The van der Waals surface area contributed by atoms with Gasteiger partial charge in [0.05, 0.1) is 12.2 Å². The van der Waals surface area contributed by atoms with Crippen molar-refractivity contribution in [3.63, 3.8) is 0 Å². The third-order valence-corrected chi connectivity index (χ3v) is 2.97. The van der Waals surface area contributed by atoms with Crippen molar-refractivity contribution < 1.29 is 19.7 Å². The van der Waals surface area contributed by atoms with Gasteiger partial charge in [0.15, 0.2) is 0 Å². The SMILES string of the molecule is CC(C)Oc1ccc(-c2ccc(OC(C)C)cc2O)c(O)c1. The van der Waals surface area contributed by atoms with Crippen LogP contribution in [0, 0.1) is 0 Å². The summed E-state index contributed by atoms with van der Waals surface area (Å²) in [6.45, 7) is 7.68. The van der Waals surface area contributed by atoms with E-state index in [1.54, 1.807) is 36.4 Å². The van der Waals surface area contributed by atoms with Gasteiger partial charge in [-0.1, -0.05) is 0 Å². The normalized spacial score (nSPS) is 11.0. The number of ether oxygens (including phenoxy) is 2. The topological polar surface area (TPSA) is 58.9 Å². The molecule has 0 saturated heterocycles. The molecule has 2 aromatic carbocycles. The van der Waals surface area contributed by atoms with E-state index in [-0.39, 0.29) is 23.7 Å². The summed E-state index contributed by atoms with van der Waals surface area (Å²) in [7, 11) is 0. The van der Waals surface area contributed by atoms with Crippen LogP contribution in [0.15, 0.2) is 36.4 Å². The fourth-order valence-corrected chi connectivity index (χ4v) is 2.17. The van der Waals surface area contributed by atoms with Crippen LogP contribution in [-0.4, -0.2) is 22.4 Å². The van der Waals surface area contributed by atoms with Crippen molar-refractivity contribution in [3.8, 4) is 34.1 Å². The lowest BCUT2D eigenvalue weighted by atomic mass is 10.0. The minimum absolute atomic E-state index is 0.0334. The third-order valence-electron chi connectivity index (χ3n) is 2.97. The number of phenols is 2. The standard InChI is InChI=1S/C18H22O4/c1-11(2)21-13-5-7-15(17(19)9-13)16-8-6-14(10-18(16)20)22-12(3)4/h5-12,19-20H,1-4H3. The van der Waals surface area contributed by atoms with Crippen LogP contribution in [0.3, 0.4) is 0 Å². The van der Waals surface area contributed by atoms with E-state index in [1.807, 2.05) is 27.7 Å². The van der Waals surface area contributed by atoms with Gasteiger partial charge in [-0.2, -0.15) is 0 Å². The lowest BCUT2D eigenvalue weighted by Gasteiger charge is -2.14. The minimum atomic E-state index is 0.0334. The van der Waals surface area contributed by atoms with Crippen molar-refractivity contribution >= 4 is 0 Å². The molecule has 0 spiro atoms. The van der Waals surface area contributed by atoms with Crippen molar-refractivity contribution in [2.45, 2.75) is 39.9 Å². The first kappa shape index (κ1) is 16.0. The van der Waals surface area contributed by atoms with Crippen molar-refractivity contribution in [2.24, 2.45) is 0 Å². The van der Waals surface area contributed by atoms with E-state index in [9.17, 15) is 10.2 Å². The second-order valence-corrected chi connectivity index (χ2v) is 5.69. The Morgan fingerprint density at radius 1 is 0.682 bits per heavy atom. The molecule has 0 fully saturated rings. The zero-order valence-electron chi connectivity index (χ0n) is 13.3. The minimum Gasteiger partial charge on any atom is -0.507 e. The van der Waals surface area contributed by atoms with Gasteiger partial charge in [0.25, 0.3) is 0 Å². The van der Waals surface area contributed by atoms with Gasteiger partial charge in [0, 0.05) is 23.3 Å². The molecule has 0 saturated carbocycles. The molecular weight excluding hydrogens is 280 g/mol. The first-order chi connectivity index (χ1) is 10.4. The van der Waals surface area contributed by atoms with E-state index in [0.717, 1.165) is 0 Å². The largest absolute Gasteiger partial charge is 0.507 e. The van der Waals surface area contributed by atoms with Crippen LogP contribution in [0.2, 0.25) is 0 Å². The van der Waals surface area contributed by atoms with Crippen LogP contribution in [0.5, 0.6) is 23.0 Å². The Morgan fingerprint density at radius 3 is 1.32 bits per heavy atom. The predicted molar refractivity (Wildman–Crippen MR) is 86.7 cm³/mol. The molecule has 0 heterocycles. The molecule has 0 bridgehead atoms. The monoisotopic (exact) mass is 302 g/mol. The average Bonchev–Trinajstić information content (AvgIpc) is 2.38. The van der Waals surface area contributed by atoms with Crippen molar-refractivity contribution in [2.75, 3.05) is 0 Å². The summed E-state index contributed by atoms with van der Waals surface area (Å²) in [5.74, 6) is 1.31. The van der Waals surface area contributed by atoms with Crippen molar-refractivity contribution in [3.05, 3.63) is 36.4 Å². The van der Waals surface area contributed by atoms with Gasteiger partial charge < -0.3 is 19.7 Å². The molecule has 0 aliphatic rings. The van der Waals surface area contributed by atoms with E-state index in [0.29, 0.717) is 22.6 Å². The molecule has 0 aliphatic heterocycles. The summed E-state index contributed by atoms with van der Waals surface area (Å²) in [5, 5.41) is 20.3. The van der Waals surface area contributed by atoms with Gasteiger partial charge in [-0.05, 0) is 52.0 Å². The molecule has 0 aliphatic carbocycles. The predicted octanol–water partition coefficient (Wildman–Crippen LogP) is 4.34. The molecule has 22 heavy (non-hydrogen) atoms. The molecule has 0 unspecified atom stereocenters. The number of hydrogen-bond acceptors (Lipinski definition) is 4. The Bertz CT molecular complexity index is 590. The van der Waals surface area contributed by atoms with Gasteiger partial charge in [-0.25, -0.2) is 0 Å². The van der Waals surface area contributed by atoms with Crippen molar-refractivity contribution in [1.82, 2.24) is 0 Å². The Balaban J connectivity index is 2.31. The van der Waals surface area contributed by atoms with Crippen LogP contribution in [-0.2, 0) is 0 Å². The lowest BCUT2D eigenvalue weighted by molar-refractivity contribution is 0.241. The molecular formula is C18H22O4. The molecule has 2 rings (SSSR count). The van der Waals surface area contributed by atoms with Crippen LogP contribution >= 0.6 is 0 Å². The summed E-state index contributed by atoms with van der Waals surface area (Å²) in [4.78, 5) is 0. The number of hydrogen-bond donors (Lipinski definition) is 2. The van der Waals surface area contributed by atoms with Crippen LogP contribution in [0.25, 0.3) is 11.1 Å². The molecule has 4 nitrogen and oxygen atoms in total. The summed E-state index contributed by atoms with van der Waals surface area (Å²) in [5.41, 5.74) is 1.09. The van der Waals surface area contributed by atoms with Gasteiger partial charge in [-0.3, -0.25) is 0 Å². The summed E-state index contributed by atoms with van der Waals surface area (Å²) < 4.78 is 11.1. The van der Waals surface area contributed by atoms with E-state index >= 15 is 0 Å². The van der Waals surface area contributed by atoms with E-state index in [1.165, 1.54) is 0 Å². The van der Waals surface area contributed by atoms with E-state index in [2.05, 4.69) is 0 Å². The summed E-state index contributed by atoms with van der Waals surface area (Å²) >= 11 is 0. The van der Waals surface area contributed by atoms with Gasteiger partial charge >= 0.3 is 0 Å².